The molecule has 0 aliphatic heterocycles. The summed E-state index contributed by atoms with van der Waals surface area (Å²) in [5.41, 5.74) is 0.437. The molecule has 0 spiro atoms. The van der Waals surface area contributed by atoms with Gasteiger partial charge in [0.2, 0.25) is 11.8 Å². The van der Waals surface area contributed by atoms with E-state index >= 15 is 0 Å². The van der Waals surface area contributed by atoms with Crippen molar-refractivity contribution in [2.45, 2.75) is 26.7 Å². The third kappa shape index (κ3) is 6.84. The maximum absolute atomic E-state index is 11.6. The standard InChI is InChI=1S/C15H15ClN2O5/c1-8(19)3-13(21)17-11-5-10(15(16)23)6-12(7-11)18-14(22)4-9(2)20/h5-7H,3-4H2,1-2H3,(H,17,21)(H,18,22). The maximum atomic E-state index is 11.6. The van der Waals surface area contributed by atoms with E-state index in [0.717, 1.165) is 0 Å². The Morgan fingerprint density at radius 3 is 1.52 bits per heavy atom. The molecule has 122 valence electrons. The highest BCUT2D eigenvalue weighted by atomic mass is 35.5. The number of carbonyl (C=O) groups excluding carboxylic acids is 5. The third-order valence-corrected chi connectivity index (χ3v) is 2.76. The van der Waals surface area contributed by atoms with Crippen molar-refractivity contribution in [1.82, 2.24) is 0 Å². The number of amides is 2. The van der Waals surface area contributed by atoms with E-state index in [1.54, 1.807) is 0 Å². The average molecular weight is 339 g/mol. The zero-order chi connectivity index (χ0) is 17.6. The molecular formula is C15H15ClN2O5. The molecule has 0 fully saturated rings. The summed E-state index contributed by atoms with van der Waals surface area (Å²) in [4.78, 5) is 56.3. The molecule has 0 atom stereocenters. The van der Waals surface area contributed by atoms with E-state index in [0.29, 0.717) is 0 Å². The van der Waals surface area contributed by atoms with Gasteiger partial charge in [-0.25, -0.2) is 0 Å². The fourth-order valence-corrected chi connectivity index (χ4v) is 1.86. The smallest absolute Gasteiger partial charge is 0.252 e. The van der Waals surface area contributed by atoms with Gasteiger partial charge in [-0.2, -0.15) is 0 Å². The topological polar surface area (TPSA) is 109 Å². The van der Waals surface area contributed by atoms with Crippen LogP contribution >= 0.6 is 11.6 Å². The van der Waals surface area contributed by atoms with Crippen LogP contribution in [-0.2, 0) is 19.2 Å². The predicted octanol–water partition coefficient (Wildman–Crippen LogP) is 1.90. The van der Waals surface area contributed by atoms with Crippen LogP contribution in [0.4, 0.5) is 11.4 Å². The summed E-state index contributed by atoms with van der Waals surface area (Å²) in [6.45, 7) is 2.54. The lowest BCUT2D eigenvalue weighted by molar-refractivity contribution is -0.125. The van der Waals surface area contributed by atoms with Crippen LogP contribution in [0.1, 0.15) is 37.0 Å². The lowest BCUT2D eigenvalue weighted by Crippen LogP contribution is -2.17. The van der Waals surface area contributed by atoms with E-state index in [4.69, 9.17) is 11.6 Å². The summed E-state index contributed by atoms with van der Waals surface area (Å²) in [6, 6.07) is 4.02. The molecule has 7 nitrogen and oxygen atoms in total. The van der Waals surface area contributed by atoms with Crippen LogP contribution in [0.15, 0.2) is 18.2 Å². The molecule has 1 aromatic carbocycles. The molecule has 1 aromatic rings. The van der Waals surface area contributed by atoms with Gasteiger partial charge in [-0.3, -0.25) is 24.0 Å². The summed E-state index contributed by atoms with van der Waals surface area (Å²) in [6.07, 6.45) is -0.629. The monoisotopic (exact) mass is 338 g/mol. The number of halogens is 1. The van der Waals surface area contributed by atoms with Crippen molar-refractivity contribution in [3.8, 4) is 0 Å². The largest absolute Gasteiger partial charge is 0.326 e. The molecule has 0 heterocycles. The SMILES string of the molecule is CC(=O)CC(=O)Nc1cc(NC(=O)CC(C)=O)cc(C(=O)Cl)c1. The third-order valence-electron chi connectivity index (χ3n) is 2.55. The Balaban J connectivity index is 3.00. The van der Waals surface area contributed by atoms with E-state index in [2.05, 4.69) is 10.6 Å². The van der Waals surface area contributed by atoms with Gasteiger partial charge in [0.25, 0.3) is 5.24 Å². The molecule has 0 unspecified atom stereocenters. The first kappa shape index (κ1) is 18.5. The van der Waals surface area contributed by atoms with E-state index in [-0.39, 0.29) is 41.3 Å². The molecule has 0 aromatic heterocycles. The van der Waals surface area contributed by atoms with Crippen LogP contribution in [0.25, 0.3) is 0 Å². The quantitative estimate of drug-likeness (QED) is 0.583. The summed E-state index contributed by atoms with van der Waals surface area (Å²) in [7, 11) is 0. The number of rotatable bonds is 7. The Morgan fingerprint density at radius 1 is 0.826 bits per heavy atom. The molecule has 2 amide bonds. The molecule has 0 saturated carbocycles. The Bertz CT molecular complexity index is 636. The Morgan fingerprint density at radius 2 is 1.22 bits per heavy atom. The molecule has 23 heavy (non-hydrogen) atoms. The summed E-state index contributed by atoms with van der Waals surface area (Å²) < 4.78 is 0. The molecule has 2 N–H and O–H groups in total. The normalized spacial score (nSPS) is 9.87. The van der Waals surface area contributed by atoms with Gasteiger partial charge in [-0.15, -0.1) is 0 Å². The first-order valence-corrected chi connectivity index (χ1v) is 6.98. The summed E-state index contributed by atoms with van der Waals surface area (Å²) in [5, 5.41) is 4.09. The van der Waals surface area contributed by atoms with Crippen molar-refractivity contribution in [3.05, 3.63) is 23.8 Å². The second kappa shape index (κ2) is 8.19. The fraction of sp³-hybridized carbons (Fsp3) is 0.267. The number of nitrogens with one attached hydrogen (secondary N) is 2. The van der Waals surface area contributed by atoms with Gasteiger partial charge >= 0.3 is 0 Å². The van der Waals surface area contributed by atoms with Crippen LogP contribution in [0.2, 0.25) is 0 Å². The van der Waals surface area contributed by atoms with E-state index in [1.807, 2.05) is 0 Å². The second-order valence-corrected chi connectivity index (χ2v) is 5.27. The minimum Gasteiger partial charge on any atom is -0.326 e. The minimum atomic E-state index is -0.783. The van der Waals surface area contributed by atoms with Crippen LogP contribution in [0.5, 0.6) is 0 Å². The zero-order valence-electron chi connectivity index (χ0n) is 12.6. The number of hydrogen-bond acceptors (Lipinski definition) is 5. The van der Waals surface area contributed by atoms with Crippen LogP contribution in [-0.4, -0.2) is 28.6 Å². The molecule has 1 rings (SSSR count). The molecule has 0 aliphatic rings. The van der Waals surface area contributed by atoms with Gasteiger partial charge in [0.15, 0.2) is 0 Å². The first-order valence-electron chi connectivity index (χ1n) is 6.61. The van der Waals surface area contributed by atoms with Gasteiger partial charge in [-0.05, 0) is 43.6 Å². The highest BCUT2D eigenvalue weighted by molar-refractivity contribution is 6.67. The Labute approximate surface area is 137 Å². The first-order chi connectivity index (χ1) is 10.7. The van der Waals surface area contributed by atoms with Crippen molar-refractivity contribution in [2.24, 2.45) is 0 Å². The highest BCUT2D eigenvalue weighted by Gasteiger charge is 2.12. The molecule has 0 radical (unpaired) electrons. The predicted molar refractivity (Wildman–Crippen MR) is 84.5 cm³/mol. The number of hydrogen-bond donors (Lipinski definition) is 2. The fourth-order valence-electron chi connectivity index (χ4n) is 1.75. The molecule has 0 aliphatic carbocycles. The number of benzene rings is 1. The van der Waals surface area contributed by atoms with Crippen molar-refractivity contribution in [2.75, 3.05) is 10.6 Å². The maximum Gasteiger partial charge on any atom is 0.252 e. The molecule has 0 saturated heterocycles. The van der Waals surface area contributed by atoms with Crippen molar-refractivity contribution in [1.29, 1.82) is 0 Å². The van der Waals surface area contributed by atoms with Gasteiger partial charge in [0.1, 0.15) is 11.6 Å². The van der Waals surface area contributed by atoms with Crippen molar-refractivity contribution >= 4 is 51.6 Å². The second-order valence-electron chi connectivity index (χ2n) is 4.93. The van der Waals surface area contributed by atoms with E-state index in [9.17, 15) is 24.0 Å². The molecule has 0 bridgehead atoms. The number of Topliss-reactive ketones (excluding diaryl/α,β-unsaturated/α-hetero) is 2. The lowest BCUT2D eigenvalue weighted by Gasteiger charge is -2.10. The number of anilines is 2. The average Bonchev–Trinajstić information content (AvgIpc) is 2.35. The van der Waals surface area contributed by atoms with Gasteiger partial charge in [0.05, 0.1) is 12.8 Å². The van der Waals surface area contributed by atoms with Crippen LogP contribution < -0.4 is 10.6 Å². The lowest BCUT2D eigenvalue weighted by atomic mass is 10.1. The van der Waals surface area contributed by atoms with Crippen molar-refractivity contribution < 1.29 is 24.0 Å². The molecule has 8 heteroatoms. The minimum absolute atomic E-state index is 0.0467. The van der Waals surface area contributed by atoms with E-state index < -0.39 is 17.1 Å². The van der Waals surface area contributed by atoms with Gasteiger partial charge < -0.3 is 10.6 Å². The van der Waals surface area contributed by atoms with Gasteiger partial charge in [0, 0.05) is 16.9 Å². The van der Waals surface area contributed by atoms with Gasteiger partial charge in [-0.1, -0.05) is 0 Å². The number of ketones is 2. The van der Waals surface area contributed by atoms with Crippen LogP contribution in [0.3, 0.4) is 0 Å². The zero-order valence-corrected chi connectivity index (χ0v) is 13.3. The van der Waals surface area contributed by atoms with Crippen molar-refractivity contribution in [3.63, 3.8) is 0 Å². The Kier molecular flexibility index (Phi) is 6.59. The highest BCUT2D eigenvalue weighted by Crippen LogP contribution is 2.21. The summed E-state index contributed by atoms with van der Waals surface area (Å²) >= 11 is 5.42. The molecular weight excluding hydrogens is 324 g/mol. The van der Waals surface area contributed by atoms with E-state index in [1.165, 1.54) is 32.0 Å². The van der Waals surface area contributed by atoms with Crippen LogP contribution in [0, 0.1) is 0 Å². The summed E-state index contributed by atoms with van der Waals surface area (Å²) in [5.74, 6) is -1.75. The Hall–Kier alpha value is -2.54. The number of carbonyl (C=O) groups is 5.